The number of carbonyl (C=O) groups is 2. The maximum absolute atomic E-state index is 11.9. The van der Waals surface area contributed by atoms with Crippen LogP contribution in [0, 0.1) is 0 Å². The number of amides is 2. The molecule has 2 aromatic heterocycles. The molecular formula is C12H12BrN5O3. The molecule has 2 amide bonds. The van der Waals surface area contributed by atoms with Gasteiger partial charge in [0.1, 0.15) is 5.69 Å². The molecule has 0 bridgehead atoms. The zero-order chi connectivity index (χ0) is 15.6. The van der Waals surface area contributed by atoms with Crippen molar-refractivity contribution in [2.75, 3.05) is 0 Å². The van der Waals surface area contributed by atoms with Gasteiger partial charge in [0.15, 0.2) is 5.69 Å². The second kappa shape index (κ2) is 5.92. The zero-order valence-corrected chi connectivity index (χ0v) is 12.8. The molecule has 0 aromatic carbocycles. The van der Waals surface area contributed by atoms with E-state index in [0.29, 0.717) is 5.69 Å². The van der Waals surface area contributed by atoms with Gasteiger partial charge in [0.05, 0.1) is 0 Å². The van der Waals surface area contributed by atoms with Crippen molar-refractivity contribution in [1.82, 2.24) is 25.2 Å². The second-order valence-corrected chi connectivity index (χ2v) is 5.16. The van der Waals surface area contributed by atoms with Gasteiger partial charge < -0.3 is 4.57 Å². The fraction of sp³-hybridized carbons (Fsp3) is 0.167. The third-order valence-corrected chi connectivity index (χ3v) is 3.12. The highest BCUT2D eigenvalue weighted by molar-refractivity contribution is 9.10. The summed E-state index contributed by atoms with van der Waals surface area (Å²) in [7, 11) is 3.13. The van der Waals surface area contributed by atoms with Crippen molar-refractivity contribution in [2.24, 2.45) is 14.1 Å². The fourth-order valence-electron chi connectivity index (χ4n) is 1.61. The second-order valence-electron chi connectivity index (χ2n) is 4.24. The van der Waals surface area contributed by atoms with Gasteiger partial charge >= 0.3 is 0 Å². The van der Waals surface area contributed by atoms with Crippen LogP contribution >= 0.6 is 15.9 Å². The number of carbonyl (C=O) groups excluding carboxylic acids is 2. The van der Waals surface area contributed by atoms with E-state index < -0.39 is 11.8 Å². The summed E-state index contributed by atoms with van der Waals surface area (Å²) in [5, 5.41) is 3.77. The average Bonchev–Trinajstić information content (AvgIpc) is 2.77. The fourth-order valence-corrected chi connectivity index (χ4v) is 2.14. The molecule has 0 aliphatic rings. The van der Waals surface area contributed by atoms with Crippen molar-refractivity contribution in [3.63, 3.8) is 0 Å². The van der Waals surface area contributed by atoms with Crippen LogP contribution in [0.5, 0.6) is 0 Å². The van der Waals surface area contributed by atoms with E-state index in [0.717, 1.165) is 9.15 Å². The largest absolute Gasteiger partial charge is 0.345 e. The molecule has 2 rings (SSSR count). The number of hydrogen-bond acceptors (Lipinski definition) is 4. The molecule has 2 N–H and O–H groups in total. The van der Waals surface area contributed by atoms with Gasteiger partial charge in [-0.05, 0) is 28.1 Å². The summed E-state index contributed by atoms with van der Waals surface area (Å²) in [6.45, 7) is 0. The Morgan fingerprint density at radius 2 is 1.86 bits per heavy atom. The number of hydrazine groups is 1. The third kappa shape index (κ3) is 3.37. The van der Waals surface area contributed by atoms with E-state index in [1.54, 1.807) is 23.9 Å². The number of nitrogens with zero attached hydrogens (tertiary/aromatic N) is 3. The molecule has 110 valence electrons. The molecular weight excluding hydrogens is 342 g/mol. The minimum absolute atomic E-state index is 0.0189. The van der Waals surface area contributed by atoms with Gasteiger partial charge in [0.25, 0.3) is 17.4 Å². The number of rotatable bonds is 2. The van der Waals surface area contributed by atoms with Crippen LogP contribution in [0.15, 0.2) is 33.7 Å². The summed E-state index contributed by atoms with van der Waals surface area (Å²) in [6, 6.07) is 4.12. The molecule has 0 unspecified atom stereocenters. The Balaban J connectivity index is 2.04. The minimum Gasteiger partial charge on any atom is -0.345 e. The number of halogens is 1. The maximum atomic E-state index is 11.9. The molecule has 21 heavy (non-hydrogen) atoms. The Labute approximate surface area is 127 Å². The van der Waals surface area contributed by atoms with E-state index >= 15 is 0 Å². The van der Waals surface area contributed by atoms with Gasteiger partial charge in [-0.3, -0.25) is 25.2 Å². The predicted octanol–water partition coefficient (Wildman–Crippen LogP) is -0.0439. The Morgan fingerprint density at radius 3 is 2.43 bits per heavy atom. The quantitative estimate of drug-likeness (QED) is 0.740. The van der Waals surface area contributed by atoms with Crippen molar-refractivity contribution in [3.8, 4) is 0 Å². The topological polar surface area (TPSA) is 98.0 Å². The minimum atomic E-state index is -0.618. The highest BCUT2D eigenvalue weighted by atomic mass is 79.9. The van der Waals surface area contributed by atoms with Gasteiger partial charge in [-0.15, -0.1) is 0 Å². The van der Waals surface area contributed by atoms with Crippen LogP contribution in [0.2, 0.25) is 0 Å². The molecule has 2 aromatic rings. The van der Waals surface area contributed by atoms with Crippen molar-refractivity contribution < 1.29 is 9.59 Å². The normalized spacial score (nSPS) is 10.2. The summed E-state index contributed by atoms with van der Waals surface area (Å²) in [4.78, 5) is 34.9. The lowest BCUT2D eigenvalue weighted by atomic mass is 10.4. The molecule has 2 heterocycles. The molecule has 0 aliphatic heterocycles. The van der Waals surface area contributed by atoms with Crippen LogP contribution in [-0.4, -0.2) is 26.2 Å². The van der Waals surface area contributed by atoms with Crippen LogP contribution in [0.3, 0.4) is 0 Å². The lowest BCUT2D eigenvalue weighted by Gasteiger charge is -2.07. The van der Waals surface area contributed by atoms with Gasteiger partial charge in [0.2, 0.25) is 0 Å². The smallest absolute Gasteiger partial charge is 0.290 e. The van der Waals surface area contributed by atoms with E-state index in [1.807, 2.05) is 0 Å². The van der Waals surface area contributed by atoms with Gasteiger partial charge in [-0.1, -0.05) is 0 Å². The molecule has 8 nitrogen and oxygen atoms in total. The molecule has 0 saturated carbocycles. The number of aryl methyl sites for hydroxylation is 2. The standard InChI is InChI=1S/C12H12BrN5O3/c1-17-6-7(13)5-9(17)12(21)15-14-11(20)8-3-4-10(19)18(2)16-8/h3-6H,1-2H3,(H,14,20)(H,15,21). The van der Waals surface area contributed by atoms with Crippen LogP contribution in [0.4, 0.5) is 0 Å². The third-order valence-electron chi connectivity index (χ3n) is 2.69. The zero-order valence-electron chi connectivity index (χ0n) is 11.3. The average molecular weight is 354 g/mol. The van der Waals surface area contributed by atoms with Crippen molar-refractivity contribution in [3.05, 3.63) is 50.6 Å². The van der Waals surface area contributed by atoms with Crippen LogP contribution < -0.4 is 16.4 Å². The lowest BCUT2D eigenvalue weighted by Crippen LogP contribution is -2.43. The van der Waals surface area contributed by atoms with Crippen molar-refractivity contribution in [1.29, 1.82) is 0 Å². The predicted molar refractivity (Wildman–Crippen MR) is 77.5 cm³/mol. The van der Waals surface area contributed by atoms with E-state index in [-0.39, 0.29) is 11.3 Å². The van der Waals surface area contributed by atoms with E-state index in [2.05, 4.69) is 31.9 Å². The lowest BCUT2D eigenvalue weighted by molar-refractivity contribution is 0.0838. The molecule has 0 saturated heterocycles. The number of aromatic nitrogens is 3. The summed E-state index contributed by atoms with van der Waals surface area (Å²) in [5.74, 6) is -1.09. The molecule has 0 fully saturated rings. The summed E-state index contributed by atoms with van der Waals surface area (Å²) in [5.41, 5.74) is 4.57. The summed E-state index contributed by atoms with van der Waals surface area (Å²) >= 11 is 3.25. The Hall–Kier alpha value is -2.42. The first-order valence-corrected chi connectivity index (χ1v) is 6.64. The molecule has 0 spiro atoms. The molecule has 0 aliphatic carbocycles. The van der Waals surface area contributed by atoms with Crippen LogP contribution in [0.1, 0.15) is 21.0 Å². The van der Waals surface area contributed by atoms with E-state index in [4.69, 9.17) is 0 Å². The van der Waals surface area contributed by atoms with Crippen LogP contribution in [0.25, 0.3) is 0 Å². The Morgan fingerprint density at radius 1 is 1.19 bits per heavy atom. The van der Waals surface area contributed by atoms with Crippen molar-refractivity contribution >= 4 is 27.7 Å². The van der Waals surface area contributed by atoms with Gasteiger partial charge in [-0.2, -0.15) is 5.10 Å². The Kier molecular flexibility index (Phi) is 4.22. The Bertz CT molecular complexity index is 764. The monoisotopic (exact) mass is 353 g/mol. The van der Waals surface area contributed by atoms with E-state index in [9.17, 15) is 14.4 Å². The molecule has 0 radical (unpaired) electrons. The highest BCUT2D eigenvalue weighted by Crippen LogP contribution is 2.13. The van der Waals surface area contributed by atoms with Gasteiger partial charge in [-0.25, -0.2) is 4.68 Å². The van der Waals surface area contributed by atoms with Crippen LogP contribution in [-0.2, 0) is 14.1 Å². The number of hydrogen-bond donors (Lipinski definition) is 2. The maximum Gasteiger partial charge on any atom is 0.290 e. The SMILES string of the molecule is Cn1cc(Br)cc1C(=O)NNC(=O)c1ccc(=O)n(C)n1. The molecule has 0 atom stereocenters. The van der Waals surface area contributed by atoms with Gasteiger partial charge in [0, 0.05) is 30.8 Å². The van der Waals surface area contributed by atoms with E-state index in [1.165, 1.54) is 19.2 Å². The first kappa shape index (κ1) is 15.0. The first-order chi connectivity index (χ1) is 9.88. The van der Waals surface area contributed by atoms with Crippen molar-refractivity contribution in [2.45, 2.75) is 0 Å². The highest BCUT2D eigenvalue weighted by Gasteiger charge is 2.13. The summed E-state index contributed by atoms with van der Waals surface area (Å²) in [6.07, 6.45) is 1.71. The molecule has 9 heteroatoms. The number of nitrogens with one attached hydrogen (secondary N) is 2. The summed E-state index contributed by atoms with van der Waals surface area (Å²) < 4.78 is 3.39. The first-order valence-electron chi connectivity index (χ1n) is 5.85.